The lowest BCUT2D eigenvalue weighted by Crippen LogP contribution is -2.27. The molecule has 3 rings (SSSR count). The number of nitrogens with zero attached hydrogens (tertiary/aromatic N) is 3. The van der Waals surface area contributed by atoms with E-state index in [9.17, 15) is 0 Å². The van der Waals surface area contributed by atoms with E-state index in [1.54, 1.807) is 0 Å². The second kappa shape index (κ2) is 3.96. The van der Waals surface area contributed by atoms with Gasteiger partial charge in [-0.3, -0.25) is 0 Å². The van der Waals surface area contributed by atoms with Gasteiger partial charge in [-0.25, -0.2) is 9.97 Å². The van der Waals surface area contributed by atoms with Crippen molar-refractivity contribution >= 4 is 16.7 Å². The van der Waals surface area contributed by atoms with Crippen LogP contribution in [0, 0.1) is 6.92 Å². The molecule has 0 spiro atoms. The summed E-state index contributed by atoms with van der Waals surface area (Å²) in [5.41, 5.74) is 6.97. The predicted octanol–water partition coefficient (Wildman–Crippen LogP) is 1.48. The maximum atomic E-state index is 5.96. The molecule has 0 saturated carbocycles. The first-order valence-corrected chi connectivity index (χ1v) is 5.98. The van der Waals surface area contributed by atoms with Crippen LogP contribution in [0.5, 0.6) is 0 Å². The fourth-order valence-electron chi connectivity index (χ4n) is 2.39. The number of rotatable bonds is 1. The van der Waals surface area contributed by atoms with E-state index in [1.807, 2.05) is 25.1 Å². The number of fused-ring (bicyclic) bond motifs is 1. The minimum Gasteiger partial charge on any atom is -0.354 e. The molecule has 2 N–H and O–H groups in total. The van der Waals surface area contributed by atoms with Gasteiger partial charge in [0.2, 0.25) is 0 Å². The van der Waals surface area contributed by atoms with Crippen LogP contribution in [0.15, 0.2) is 24.3 Å². The summed E-state index contributed by atoms with van der Waals surface area (Å²) in [4.78, 5) is 11.3. The van der Waals surface area contributed by atoms with Gasteiger partial charge in [0.1, 0.15) is 11.6 Å². The molecule has 0 bridgehead atoms. The average molecular weight is 228 g/mol. The predicted molar refractivity (Wildman–Crippen MR) is 69.1 cm³/mol. The standard InChI is InChI=1S/C13H16N4/c1-9-15-12-5-3-2-4-11(12)13(16-9)17-7-6-10(14)8-17/h2-5,10H,6-8,14H2,1H3. The van der Waals surface area contributed by atoms with Crippen LogP contribution in [-0.2, 0) is 0 Å². The molecule has 1 aromatic carbocycles. The third-order valence-electron chi connectivity index (χ3n) is 3.22. The summed E-state index contributed by atoms with van der Waals surface area (Å²) >= 11 is 0. The minimum absolute atomic E-state index is 0.268. The third-order valence-corrected chi connectivity index (χ3v) is 3.22. The number of para-hydroxylation sites is 1. The zero-order valence-corrected chi connectivity index (χ0v) is 9.93. The molecule has 1 unspecified atom stereocenters. The van der Waals surface area contributed by atoms with Crippen molar-refractivity contribution in [1.29, 1.82) is 0 Å². The molecule has 1 saturated heterocycles. The van der Waals surface area contributed by atoms with E-state index in [0.29, 0.717) is 0 Å². The van der Waals surface area contributed by atoms with E-state index in [1.165, 1.54) is 0 Å². The van der Waals surface area contributed by atoms with Crippen molar-refractivity contribution in [3.63, 3.8) is 0 Å². The van der Waals surface area contributed by atoms with Gasteiger partial charge in [-0.1, -0.05) is 12.1 Å². The van der Waals surface area contributed by atoms with Gasteiger partial charge in [0.25, 0.3) is 0 Å². The summed E-state index contributed by atoms with van der Waals surface area (Å²) in [7, 11) is 0. The molecule has 2 heterocycles. The molecule has 1 aliphatic heterocycles. The average Bonchev–Trinajstić information content (AvgIpc) is 2.74. The van der Waals surface area contributed by atoms with Gasteiger partial charge in [0.05, 0.1) is 5.52 Å². The van der Waals surface area contributed by atoms with Crippen LogP contribution in [0.3, 0.4) is 0 Å². The van der Waals surface area contributed by atoms with E-state index in [-0.39, 0.29) is 6.04 Å². The lowest BCUT2D eigenvalue weighted by atomic mass is 10.2. The Kier molecular flexibility index (Phi) is 2.44. The Morgan fingerprint density at radius 3 is 2.88 bits per heavy atom. The fourth-order valence-corrected chi connectivity index (χ4v) is 2.39. The van der Waals surface area contributed by atoms with Gasteiger partial charge in [0, 0.05) is 24.5 Å². The molecule has 17 heavy (non-hydrogen) atoms. The summed E-state index contributed by atoms with van der Waals surface area (Å²) in [6.45, 7) is 3.81. The smallest absolute Gasteiger partial charge is 0.140 e. The highest BCUT2D eigenvalue weighted by Crippen LogP contribution is 2.26. The number of aromatic nitrogens is 2. The Bertz CT molecular complexity index is 552. The van der Waals surface area contributed by atoms with Crippen molar-refractivity contribution in [3.05, 3.63) is 30.1 Å². The normalized spacial score (nSPS) is 20.1. The molecule has 1 atom stereocenters. The first kappa shape index (κ1) is 10.5. The van der Waals surface area contributed by atoms with Crippen LogP contribution in [0.25, 0.3) is 10.9 Å². The van der Waals surface area contributed by atoms with Crippen molar-refractivity contribution in [2.24, 2.45) is 5.73 Å². The van der Waals surface area contributed by atoms with Crippen LogP contribution in [0.1, 0.15) is 12.2 Å². The first-order valence-electron chi connectivity index (χ1n) is 5.98. The molecule has 0 aliphatic carbocycles. The highest BCUT2D eigenvalue weighted by Gasteiger charge is 2.22. The molecule has 1 fully saturated rings. The molecular weight excluding hydrogens is 212 g/mol. The largest absolute Gasteiger partial charge is 0.354 e. The van der Waals surface area contributed by atoms with Crippen LogP contribution in [0.2, 0.25) is 0 Å². The Morgan fingerprint density at radius 2 is 2.12 bits per heavy atom. The van der Waals surface area contributed by atoms with Crippen molar-refractivity contribution in [2.75, 3.05) is 18.0 Å². The summed E-state index contributed by atoms with van der Waals surface area (Å²) < 4.78 is 0. The topological polar surface area (TPSA) is 55.0 Å². The number of hydrogen-bond donors (Lipinski definition) is 1. The van der Waals surface area contributed by atoms with E-state index >= 15 is 0 Å². The highest BCUT2D eigenvalue weighted by atomic mass is 15.2. The van der Waals surface area contributed by atoms with Crippen molar-refractivity contribution < 1.29 is 0 Å². The monoisotopic (exact) mass is 228 g/mol. The number of benzene rings is 1. The molecule has 1 aliphatic rings. The first-order chi connectivity index (χ1) is 8.24. The van der Waals surface area contributed by atoms with E-state index in [0.717, 1.165) is 42.1 Å². The second-order valence-corrected chi connectivity index (χ2v) is 4.61. The second-order valence-electron chi connectivity index (χ2n) is 4.61. The Labute approximate surface area is 100 Å². The van der Waals surface area contributed by atoms with Crippen molar-refractivity contribution in [2.45, 2.75) is 19.4 Å². The van der Waals surface area contributed by atoms with Gasteiger partial charge in [0.15, 0.2) is 0 Å². The highest BCUT2D eigenvalue weighted by molar-refractivity contribution is 5.89. The lowest BCUT2D eigenvalue weighted by Gasteiger charge is -2.19. The van der Waals surface area contributed by atoms with Crippen LogP contribution < -0.4 is 10.6 Å². The van der Waals surface area contributed by atoms with E-state index < -0.39 is 0 Å². The number of nitrogens with two attached hydrogens (primary N) is 1. The minimum atomic E-state index is 0.268. The van der Waals surface area contributed by atoms with E-state index in [4.69, 9.17) is 5.73 Å². The summed E-state index contributed by atoms with van der Waals surface area (Å²) in [6.07, 6.45) is 1.04. The molecule has 88 valence electrons. The maximum Gasteiger partial charge on any atom is 0.140 e. The zero-order valence-electron chi connectivity index (χ0n) is 9.93. The summed E-state index contributed by atoms with van der Waals surface area (Å²) in [6, 6.07) is 8.41. The Morgan fingerprint density at radius 1 is 1.29 bits per heavy atom. The third kappa shape index (κ3) is 1.85. The lowest BCUT2D eigenvalue weighted by molar-refractivity contribution is 0.751. The molecule has 1 aromatic heterocycles. The van der Waals surface area contributed by atoms with Gasteiger partial charge in [-0.2, -0.15) is 0 Å². The number of aryl methyl sites for hydroxylation is 1. The molecule has 4 heteroatoms. The molecule has 0 radical (unpaired) electrons. The van der Waals surface area contributed by atoms with Crippen LogP contribution >= 0.6 is 0 Å². The van der Waals surface area contributed by atoms with Gasteiger partial charge < -0.3 is 10.6 Å². The molecule has 4 nitrogen and oxygen atoms in total. The quantitative estimate of drug-likeness (QED) is 0.803. The van der Waals surface area contributed by atoms with Crippen LogP contribution in [-0.4, -0.2) is 29.1 Å². The summed E-state index contributed by atoms with van der Waals surface area (Å²) in [5.74, 6) is 1.85. The maximum absolute atomic E-state index is 5.96. The van der Waals surface area contributed by atoms with Gasteiger partial charge >= 0.3 is 0 Å². The molecule has 0 amide bonds. The van der Waals surface area contributed by atoms with Gasteiger partial charge in [-0.15, -0.1) is 0 Å². The SMILES string of the molecule is Cc1nc(N2CCC(N)C2)c2ccccc2n1. The molecular formula is C13H16N4. The number of anilines is 1. The fraction of sp³-hybridized carbons (Fsp3) is 0.385. The summed E-state index contributed by atoms with van der Waals surface area (Å²) in [5, 5.41) is 1.12. The Balaban J connectivity index is 2.14. The Hall–Kier alpha value is -1.68. The number of hydrogen-bond acceptors (Lipinski definition) is 4. The molecule has 2 aromatic rings. The van der Waals surface area contributed by atoms with Crippen molar-refractivity contribution in [1.82, 2.24) is 9.97 Å². The van der Waals surface area contributed by atoms with Gasteiger partial charge in [-0.05, 0) is 25.5 Å². The van der Waals surface area contributed by atoms with Crippen molar-refractivity contribution in [3.8, 4) is 0 Å². The zero-order chi connectivity index (χ0) is 11.8. The van der Waals surface area contributed by atoms with Crippen LogP contribution in [0.4, 0.5) is 5.82 Å². The van der Waals surface area contributed by atoms with E-state index in [2.05, 4.69) is 20.9 Å².